The molecule has 3 rings (SSSR count). The van der Waals surface area contributed by atoms with Crippen LogP contribution in [0.4, 0.5) is 4.39 Å². The third-order valence-corrected chi connectivity index (χ3v) is 5.07. The number of nitrogens with one attached hydrogen (secondary N) is 1. The third-order valence-electron chi connectivity index (χ3n) is 3.61. The Balaban J connectivity index is 1.91. The Morgan fingerprint density at radius 3 is 2.48 bits per heavy atom. The van der Waals surface area contributed by atoms with Crippen molar-refractivity contribution >= 4 is 10.0 Å². The summed E-state index contributed by atoms with van der Waals surface area (Å²) in [6, 6.07) is 11.2. The highest BCUT2D eigenvalue weighted by molar-refractivity contribution is 7.89. The fourth-order valence-corrected chi connectivity index (χ4v) is 3.81. The number of halogens is 1. The lowest BCUT2D eigenvalue weighted by atomic mass is 10.1. The van der Waals surface area contributed by atoms with E-state index in [1.807, 2.05) is 12.1 Å². The van der Waals surface area contributed by atoms with Crippen molar-refractivity contribution in [2.45, 2.75) is 23.5 Å². The maximum Gasteiger partial charge on any atom is 0.241 e. The van der Waals surface area contributed by atoms with Crippen LogP contribution in [0.1, 0.15) is 17.2 Å². The van der Waals surface area contributed by atoms with Crippen LogP contribution in [0.5, 0.6) is 0 Å². The van der Waals surface area contributed by atoms with Gasteiger partial charge in [-0.3, -0.25) is 0 Å². The van der Waals surface area contributed by atoms with Crippen molar-refractivity contribution in [1.29, 1.82) is 0 Å². The number of sulfonamides is 1. The van der Waals surface area contributed by atoms with Gasteiger partial charge in [-0.1, -0.05) is 24.3 Å². The summed E-state index contributed by atoms with van der Waals surface area (Å²) in [4.78, 5) is -0.0273. The molecule has 1 aliphatic carbocycles. The zero-order chi connectivity index (χ0) is 15.0. The molecule has 0 amide bonds. The Hall–Kier alpha value is -1.76. The molecule has 0 fully saturated rings. The van der Waals surface area contributed by atoms with Crippen molar-refractivity contribution in [3.63, 3.8) is 0 Å². The highest BCUT2D eigenvalue weighted by Gasteiger charge is 2.34. The van der Waals surface area contributed by atoms with Gasteiger partial charge < -0.3 is 5.11 Å². The van der Waals surface area contributed by atoms with E-state index < -0.39 is 28.0 Å². The van der Waals surface area contributed by atoms with Crippen LogP contribution in [-0.2, 0) is 16.4 Å². The molecule has 0 aliphatic heterocycles. The fraction of sp³-hybridized carbons (Fsp3) is 0.200. The van der Waals surface area contributed by atoms with E-state index >= 15 is 0 Å². The van der Waals surface area contributed by atoms with Crippen molar-refractivity contribution in [2.24, 2.45) is 0 Å². The van der Waals surface area contributed by atoms with Crippen LogP contribution in [0.15, 0.2) is 53.4 Å². The second kappa shape index (κ2) is 5.22. The van der Waals surface area contributed by atoms with Crippen LogP contribution < -0.4 is 4.72 Å². The highest BCUT2D eigenvalue weighted by atomic mass is 32.2. The number of hydrogen-bond donors (Lipinski definition) is 2. The van der Waals surface area contributed by atoms with Crippen molar-refractivity contribution in [2.75, 3.05) is 0 Å². The Morgan fingerprint density at radius 1 is 1.10 bits per heavy atom. The van der Waals surface area contributed by atoms with E-state index in [1.165, 1.54) is 12.1 Å². The normalized spacial score (nSPS) is 21.2. The average Bonchev–Trinajstić information content (AvgIpc) is 2.75. The topological polar surface area (TPSA) is 66.4 Å². The van der Waals surface area contributed by atoms with Crippen molar-refractivity contribution in [3.8, 4) is 0 Å². The maximum atomic E-state index is 12.9. The lowest BCUT2D eigenvalue weighted by Gasteiger charge is -2.18. The second-order valence-corrected chi connectivity index (χ2v) is 6.74. The molecule has 0 saturated carbocycles. The first-order chi connectivity index (χ1) is 9.97. The Bertz CT molecular complexity index is 759. The zero-order valence-corrected chi connectivity index (χ0v) is 11.8. The van der Waals surface area contributed by atoms with Gasteiger partial charge in [0.2, 0.25) is 10.0 Å². The molecule has 0 heterocycles. The molecular weight excluding hydrogens is 293 g/mol. The molecular formula is C15H14FNO3S. The number of aliphatic hydroxyl groups is 1. The third kappa shape index (κ3) is 2.70. The Morgan fingerprint density at radius 2 is 1.76 bits per heavy atom. The van der Waals surface area contributed by atoms with Gasteiger partial charge in [0, 0.05) is 6.42 Å². The first kappa shape index (κ1) is 14.2. The zero-order valence-electron chi connectivity index (χ0n) is 11.0. The van der Waals surface area contributed by atoms with E-state index in [9.17, 15) is 17.9 Å². The van der Waals surface area contributed by atoms with Crippen LogP contribution in [0, 0.1) is 5.82 Å². The van der Waals surface area contributed by atoms with E-state index in [4.69, 9.17) is 0 Å². The molecule has 4 nitrogen and oxygen atoms in total. The molecule has 2 N–H and O–H groups in total. The minimum absolute atomic E-state index is 0.0273. The lowest BCUT2D eigenvalue weighted by molar-refractivity contribution is 0.151. The summed E-state index contributed by atoms with van der Waals surface area (Å²) in [6.45, 7) is 0. The van der Waals surface area contributed by atoms with Crippen LogP contribution >= 0.6 is 0 Å². The van der Waals surface area contributed by atoms with Gasteiger partial charge in [0.25, 0.3) is 0 Å². The van der Waals surface area contributed by atoms with Crippen molar-refractivity contribution in [1.82, 2.24) is 4.72 Å². The molecule has 1 aliphatic rings. The molecule has 0 spiro atoms. The molecule has 110 valence electrons. The number of hydrogen-bond acceptors (Lipinski definition) is 3. The van der Waals surface area contributed by atoms with Gasteiger partial charge in [-0.15, -0.1) is 0 Å². The minimum atomic E-state index is -3.81. The van der Waals surface area contributed by atoms with Crippen LogP contribution in [0.3, 0.4) is 0 Å². The van der Waals surface area contributed by atoms with E-state index in [0.717, 1.165) is 23.3 Å². The smallest absolute Gasteiger partial charge is 0.241 e. The largest absolute Gasteiger partial charge is 0.391 e. The lowest BCUT2D eigenvalue weighted by Crippen LogP contribution is -2.33. The Kier molecular flexibility index (Phi) is 3.52. The fourth-order valence-electron chi connectivity index (χ4n) is 2.56. The summed E-state index contributed by atoms with van der Waals surface area (Å²) in [7, 11) is -3.81. The molecule has 2 aromatic carbocycles. The SMILES string of the molecule is O=S(=O)(NC1c2ccccc2CC1O)c1ccc(F)cc1. The summed E-state index contributed by atoms with van der Waals surface area (Å²) in [6.07, 6.45) is -0.398. The van der Waals surface area contributed by atoms with Crippen molar-refractivity contribution < 1.29 is 17.9 Å². The van der Waals surface area contributed by atoms with Gasteiger partial charge in [-0.25, -0.2) is 17.5 Å². The summed E-state index contributed by atoms with van der Waals surface area (Å²) in [5, 5.41) is 10.1. The molecule has 2 unspecified atom stereocenters. The summed E-state index contributed by atoms with van der Waals surface area (Å²) in [5.74, 6) is -0.500. The van der Waals surface area contributed by atoms with Crippen LogP contribution in [-0.4, -0.2) is 19.6 Å². The molecule has 0 radical (unpaired) electrons. The van der Waals surface area contributed by atoms with Gasteiger partial charge in [0.1, 0.15) is 5.82 Å². The number of aliphatic hydroxyl groups excluding tert-OH is 1. The molecule has 6 heteroatoms. The first-order valence-corrected chi connectivity index (χ1v) is 7.99. The molecule has 0 bridgehead atoms. The van der Waals surface area contributed by atoms with Gasteiger partial charge in [0.15, 0.2) is 0 Å². The molecule has 21 heavy (non-hydrogen) atoms. The van der Waals surface area contributed by atoms with Gasteiger partial charge in [-0.2, -0.15) is 0 Å². The minimum Gasteiger partial charge on any atom is -0.391 e. The monoisotopic (exact) mass is 307 g/mol. The molecule has 0 aromatic heterocycles. The van der Waals surface area contributed by atoms with E-state index in [-0.39, 0.29) is 4.90 Å². The van der Waals surface area contributed by atoms with E-state index in [1.54, 1.807) is 12.1 Å². The summed E-state index contributed by atoms with van der Waals surface area (Å²) in [5.41, 5.74) is 1.70. The number of fused-ring (bicyclic) bond motifs is 1. The first-order valence-electron chi connectivity index (χ1n) is 6.51. The van der Waals surface area contributed by atoms with E-state index in [2.05, 4.69) is 4.72 Å². The standard InChI is InChI=1S/C15H14FNO3S/c16-11-5-7-12(8-6-11)21(19,20)17-15-13-4-2-1-3-10(13)9-14(15)18/h1-8,14-15,17-18H,9H2. The number of rotatable bonds is 3. The number of benzene rings is 2. The highest BCUT2D eigenvalue weighted by Crippen LogP contribution is 2.32. The molecule has 0 saturated heterocycles. The summed E-state index contributed by atoms with van der Waals surface area (Å²) < 4.78 is 40.0. The Labute approximate surface area is 122 Å². The quantitative estimate of drug-likeness (QED) is 0.908. The average molecular weight is 307 g/mol. The van der Waals surface area contributed by atoms with Crippen LogP contribution in [0.25, 0.3) is 0 Å². The summed E-state index contributed by atoms with van der Waals surface area (Å²) >= 11 is 0. The van der Waals surface area contributed by atoms with Gasteiger partial charge in [0.05, 0.1) is 17.0 Å². The van der Waals surface area contributed by atoms with Gasteiger partial charge in [-0.05, 0) is 35.4 Å². The second-order valence-electron chi connectivity index (χ2n) is 5.02. The van der Waals surface area contributed by atoms with Crippen LogP contribution in [0.2, 0.25) is 0 Å². The maximum absolute atomic E-state index is 12.9. The molecule has 2 aromatic rings. The van der Waals surface area contributed by atoms with Gasteiger partial charge >= 0.3 is 0 Å². The van der Waals surface area contributed by atoms with Crippen molar-refractivity contribution in [3.05, 3.63) is 65.5 Å². The molecule has 2 atom stereocenters. The predicted octanol–water partition coefficient (Wildman–Crippen LogP) is 1.76. The van der Waals surface area contributed by atoms with E-state index in [0.29, 0.717) is 6.42 Å². The predicted molar refractivity (Wildman–Crippen MR) is 75.6 cm³/mol.